The molecule has 0 radical (unpaired) electrons. The second-order valence-corrected chi connectivity index (χ2v) is 4.66. The van der Waals surface area contributed by atoms with Crippen LogP contribution in [0, 0.1) is 0 Å². The zero-order valence-corrected chi connectivity index (χ0v) is 11.1. The molecule has 4 nitrogen and oxygen atoms in total. The molecule has 0 bridgehead atoms. The van der Waals surface area contributed by atoms with Crippen LogP contribution in [-0.2, 0) is 9.53 Å². The zero-order valence-electron chi connectivity index (χ0n) is 10.3. The van der Waals surface area contributed by atoms with Crippen molar-refractivity contribution >= 4 is 18.3 Å². The summed E-state index contributed by atoms with van der Waals surface area (Å²) in [5.74, 6) is 0.305. The fourth-order valence-electron chi connectivity index (χ4n) is 2.41. The quantitative estimate of drug-likeness (QED) is 0.831. The summed E-state index contributed by atoms with van der Waals surface area (Å²) >= 11 is 0. The van der Waals surface area contributed by atoms with Gasteiger partial charge in [-0.05, 0) is 32.2 Å². The normalized spacial score (nSPS) is 25.2. The summed E-state index contributed by atoms with van der Waals surface area (Å²) in [6.45, 7) is 4.63. The van der Waals surface area contributed by atoms with Gasteiger partial charge in [0.1, 0.15) is 0 Å². The maximum absolute atomic E-state index is 12.0. The molecule has 2 aliphatic heterocycles. The molecule has 17 heavy (non-hydrogen) atoms. The average Bonchev–Trinajstić information content (AvgIpc) is 2.66. The Labute approximate surface area is 109 Å². The van der Waals surface area contributed by atoms with E-state index in [1.54, 1.807) is 0 Å². The molecule has 0 aromatic heterocycles. The molecule has 1 N–H and O–H groups in total. The Morgan fingerprint density at radius 3 is 2.94 bits per heavy atom. The van der Waals surface area contributed by atoms with Crippen molar-refractivity contribution in [3.05, 3.63) is 0 Å². The number of nitrogens with zero attached hydrogens (tertiary/aromatic N) is 1. The largest absolute Gasteiger partial charge is 0.378 e. The van der Waals surface area contributed by atoms with Gasteiger partial charge >= 0.3 is 0 Å². The number of rotatable bonds is 3. The lowest BCUT2D eigenvalue weighted by molar-refractivity contribution is -0.131. The second-order valence-electron chi connectivity index (χ2n) is 4.66. The summed E-state index contributed by atoms with van der Waals surface area (Å²) in [7, 11) is 0. The van der Waals surface area contributed by atoms with E-state index in [0.717, 1.165) is 58.5 Å². The Hall–Kier alpha value is -0.320. The summed E-state index contributed by atoms with van der Waals surface area (Å²) in [6.07, 6.45) is 5.27. The van der Waals surface area contributed by atoms with E-state index in [1.165, 1.54) is 0 Å². The smallest absolute Gasteiger partial charge is 0.222 e. The van der Waals surface area contributed by atoms with E-state index in [-0.39, 0.29) is 12.4 Å². The SMILES string of the molecule is Cl.O=C(CCC1CCCO1)N1CCCNCC1. The van der Waals surface area contributed by atoms with Crippen LogP contribution in [0.5, 0.6) is 0 Å². The standard InChI is InChI=1S/C12H22N2O2.ClH/c15-12(5-4-11-3-1-10-16-11)14-8-2-6-13-7-9-14;/h11,13H,1-10H2;1H. The minimum absolute atomic E-state index is 0. The van der Waals surface area contributed by atoms with E-state index in [4.69, 9.17) is 4.74 Å². The maximum atomic E-state index is 12.0. The molecule has 2 rings (SSSR count). The molecule has 0 aromatic carbocycles. The van der Waals surface area contributed by atoms with Gasteiger partial charge < -0.3 is 15.0 Å². The monoisotopic (exact) mass is 262 g/mol. The van der Waals surface area contributed by atoms with Gasteiger partial charge in [0.05, 0.1) is 6.10 Å². The van der Waals surface area contributed by atoms with Crippen molar-refractivity contribution < 1.29 is 9.53 Å². The molecule has 2 aliphatic rings. The van der Waals surface area contributed by atoms with Gasteiger partial charge in [0.2, 0.25) is 5.91 Å². The predicted molar refractivity (Wildman–Crippen MR) is 69.5 cm³/mol. The third kappa shape index (κ3) is 4.82. The zero-order chi connectivity index (χ0) is 11.2. The van der Waals surface area contributed by atoms with E-state index in [2.05, 4.69) is 5.32 Å². The Morgan fingerprint density at radius 2 is 2.18 bits per heavy atom. The highest BCUT2D eigenvalue weighted by Gasteiger charge is 2.19. The summed E-state index contributed by atoms with van der Waals surface area (Å²) < 4.78 is 5.53. The molecule has 100 valence electrons. The lowest BCUT2D eigenvalue weighted by Gasteiger charge is -2.20. The molecule has 0 aliphatic carbocycles. The van der Waals surface area contributed by atoms with Gasteiger partial charge in [-0.1, -0.05) is 0 Å². The number of carbonyl (C=O) groups excluding carboxylic acids is 1. The van der Waals surface area contributed by atoms with Crippen molar-refractivity contribution in [1.29, 1.82) is 0 Å². The first kappa shape index (κ1) is 14.7. The molecule has 0 aromatic rings. The van der Waals surface area contributed by atoms with Crippen LogP contribution in [-0.4, -0.2) is 49.7 Å². The fraction of sp³-hybridized carbons (Fsp3) is 0.917. The summed E-state index contributed by atoms with van der Waals surface area (Å²) in [4.78, 5) is 13.9. The van der Waals surface area contributed by atoms with E-state index in [9.17, 15) is 4.79 Å². The van der Waals surface area contributed by atoms with Gasteiger partial charge in [0, 0.05) is 32.7 Å². The number of carbonyl (C=O) groups is 1. The van der Waals surface area contributed by atoms with E-state index < -0.39 is 0 Å². The van der Waals surface area contributed by atoms with Crippen LogP contribution in [0.15, 0.2) is 0 Å². The number of amides is 1. The van der Waals surface area contributed by atoms with Crippen molar-refractivity contribution in [2.24, 2.45) is 0 Å². The van der Waals surface area contributed by atoms with Crippen LogP contribution in [0.25, 0.3) is 0 Å². The van der Waals surface area contributed by atoms with Crippen LogP contribution in [0.4, 0.5) is 0 Å². The number of halogens is 1. The van der Waals surface area contributed by atoms with Crippen molar-refractivity contribution in [3.8, 4) is 0 Å². The number of ether oxygens (including phenoxy) is 1. The van der Waals surface area contributed by atoms with Gasteiger partial charge in [-0.25, -0.2) is 0 Å². The fourth-order valence-corrected chi connectivity index (χ4v) is 2.41. The second kappa shape index (κ2) is 7.90. The first-order valence-electron chi connectivity index (χ1n) is 6.46. The first-order chi connectivity index (χ1) is 7.86. The molecule has 5 heteroatoms. The van der Waals surface area contributed by atoms with Gasteiger partial charge in [0.25, 0.3) is 0 Å². The number of hydrogen-bond donors (Lipinski definition) is 1. The minimum Gasteiger partial charge on any atom is -0.378 e. The van der Waals surface area contributed by atoms with Crippen molar-refractivity contribution in [2.45, 2.75) is 38.2 Å². The summed E-state index contributed by atoms with van der Waals surface area (Å²) in [5.41, 5.74) is 0. The molecular formula is C12H23ClN2O2. The molecule has 0 spiro atoms. The van der Waals surface area contributed by atoms with Crippen LogP contribution >= 0.6 is 12.4 Å². The van der Waals surface area contributed by atoms with Crippen molar-refractivity contribution in [3.63, 3.8) is 0 Å². The van der Waals surface area contributed by atoms with Gasteiger partial charge in [-0.15, -0.1) is 12.4 Å². The van der Waals surface area contributed by atoms with E-state index in [0.29, 0.717) is 18.4 Å². The highest BCUT2D eigenvalue weighted by atomic mass is 35.5. The maximum Gasteiger partial charge on any atom is 0.222 e. The Bertz CT molecular complexity index is 225. The summed E-state index contributed by atoms with van der Waals surface area (Å²) in [5, 5.41) is 3.31. The van der Waals surface area contributed by atoms with Gasteiger partial charge in [-0.3, -0.25) is 4.79 Å². The Morgan fingerprint density at radius 1 is 1.29 bits per heavy atom. The molecule has 2 fully saturated rings. The molecule has 1 amide bonds. The third-order valence-electron chi connectivity index (χ3n) is 3.40. The lowest BCUT2D eigenvalue weighted by Crippen LogP contribution is -2.34. The van der Waals surface area contributed by atoms with E-state index >= 15 is 0 Å². The highest BCUT2D eigenvalue weighted by Crippen LogP contribution is 2.17. The molecule has 1 atom stereocenters. The van der Waals surface area contributed by atoms with Crippen molar-refractivity contribution in [1.82, 2.24) is 10.2 Å². The van der Waals surface area contributed by atoms with Crippen LogP contribution in [0.3, 0.4) is 0 Å². The Balaban J connectivity index is 0.00000144. The van der Waals surface area contributed by atoms with Crippen LogP contribution in [0.1, 0.15) is 32.1 Å². The van der Waals surface area contributed by atoms with E-state index in [1.807, 2.05) is 4.90 Å². The van der Waals surface area contributed by atoms with Gasteiger partial charge in [-0.2, -0.15) is 0 Å². The van der Waals surface area contributed by atoms with Crippen LogP contribution < -0.4 is 5.32 Å². The molecule has 2 heterocycles. The van der Waals surface area contributed by atoms with Crippen molar-refractivity contribution in [2.75, 3.05) is 32.8 Å². The third-order valence-corrected chi connectivity index (χ3v) is 3.40. The average molecular weight is 263 g/mol. The predicted octanol–water partition coefficient (Wildman–Crippen LogP) is 1.19. The lowest BCUT2D eigenvalue weighted by atomic mass is 10.1. The van der Waals surface area contributed by atoms with Crippen LogP contribution in [0.2, 0.25) is 0 Å². The number of nitrogens with one attached hydrogen (secondary N) is 1. The molecule has 0 saturated carbocycles. The minimum atomic E-state index is 0. The Kier molecular flexibility index (Phi) is 6.85. The summed E-state index contributed by atoms with van der Waals surface area (Å²) in [6, 6.07) is 0. The van der Waals surface area contributed by atoms with Gasteiger partial charge in [0.15, 0.2) is 0 Å². The molecule has 1 unspecified atom stereocenters. The number of hydrogen-bond acceptors (Lipinski definition) is 3. The molecular weight excluding hydrogens is 240 g/mol. The first-order valence-corrected chi connectivity index (χ1v) is 6.46. The highest BCUT2D eigenvalue weighted by molar-refractivity contribution is 5.85. The molecule has 2 saturated heterocycles. The topological polar surface area (TPSA) is 41.6 Å².